The van der Waals surface area contributed by atoms with Gasteiger partial charge in [-0.3, -0.25) is 4.79 Å². The number of rotatable bonds is 3. The second-order valence-corrected chi connectivity index (χ2v) is 6.74. The van der Waals surface area contributed by atoms with E-state index in [1.54, 1.807) is 6.07 Å². The van der Waals surface area contributed by atoms with Crippen molar-refractivity contribution in [3.63, 3.8) is 0 Å². The summed E-state index contributed by atoms with van der Waals surface area (Å²) in [4.78, 5) is 14.7. The standard InChI is InChI=1S/C16H20Cl2N2O2.ClH/c17-12-5-3-10(8-13(12)18)14-2-1-7-20(14)16(21)15-6-4-11(9-19)22-15;/h3,5,8,11,14-15H,1-2,4,6-7,9,19H2;1H/t11-,14?,15+;/m1./s1. The molecule has 1 aromatic rings. The van der Waals surface area contributed by atoms with Crippen molar-refractivity contribution in [2.24, 2.45) is 5.73 Å². The van der Waals surface area contributed by atoms with Crippen molar-refractivity contribution in [1.82, 2.24) is 4.90 Å². The van der Waals surface area contributed by atoms with Gasteiger partial charge in [0.15, 0.2) is 0 Å². The Labute approximate surface area is 152 Å². The SMILES string of the molecule is Cl.NC[C@H]1CC[C@@H](C(=O)N2CCCC2c2ccc(Cl)c(Cl)c2)O1. The third-order valence-electron chi connectivity index (χ3n) is 4.51. The number of likely N-dealkylation sites (tertiary alicyclic amines) is 1. The van der Waals surface area contributed by atoms with Gasteiger partial charge in [0.2, 0.25) is 0 Å². The molecule has 7 heteroatoms. The highest BCUT2D eigenvalue weighted by Crippen LogP contribution is 2.36. The maximum atomic E-state index is 12.7. The first-order chi connectivity index (χ1) is 10.6. The van der Waals surface area contributed by atoms with Crippen LogP contribution >= 0.6 is 35.6 Å². The molecule has 0 saturated carbocycles. The Balaban J connectivity index is 0.00000192. The van der Waals surface area contributed by atoms with Crippen LogP contribution in [0, 0.1) is 0 Å². The molecular formula is C16H21Cl3N2O2. The Morgan fingerprint density at radius 1 is 1.26 bits per heavy atom. The molecular weight excluding hydrogens is 359 g/mol. The molecule has 0 aromatic heterocycles. The highest BCUT2D eigenvalue weighted by atomic mass is 35.5. The van der Waals surface area contributed by atoms with Crippen LogP contribution in [0.5, 0.6) is 0 Å². The molecule has 2 saturated heterocycles. The number of benzene rings is 1. The van der Waals surface area contributed by atoms with Crippen molar-refractivity contribution in [2.75, 3.05) is 13.1 Å². The molecule has 23 heavy (non-hydrogen) atoms. The second kappa shape index (κ2) is 8.04. The van der Waals surface area contributed by atoms with Gasteiger partial charge >= 0.3 is 0 Å². The zero-order chi connectivity index (χ0) is 15.7. The predicted molar refractivity (Wildman–Crippen MR) is 94.3 cm³/mol. The van der Waals surface area contributed by atoms with Crippen molar-refractivity contribution < 1.29 is 9.53 Å². The van der Waals surface area contributed by atoms with Crippen LogP contribution in [0.4, 0.5) is 0 Å². The van der Waals surface area contributed by atoms with Gasteiger partial charge in [-0.05, 0) is 43.4 Å². The number of amides is 1. The Hall–Kier alpha value is -0.520. The summed E-state index contributed by atoms with van der Waals surface area (Å²) in [5.74, 6) is 0.0736. The van der Waals surface area contributed by atoms with Gasteiger partial charge in [-0.25, -0.2) is 0 Å². The van der Waals surface area contributed by atoms with Crippen LogP contribution in [0.1, 0.15) is 37.3 Å². The number of carbonyl (C=O) groups is 1. The number of hydrogen-bond acceptors (Lipinski definition) is 3. The fourth-order valence-corrected chi connectivity index (χ4v) is 3.65. The summed E-state index contributed by atoms with van der Waals surface area (Å²) in [5.41, 5.74) is 6.66. The van der Waals surface area contributed by atoms with Gasteiger partial charge in [0.05, 0.1) is 22.2 Å². The monoisotopic (exact) mass is 378 g/mol. The first kappa shape index (κ1) is 18.8. The van der Waals surface area contributed by atoms with Crippen LogP contribution in [0.25, 0.3) is 0 Å². The molecule has 2 N–H and O–H groups in total. The van der Waals surface area contributed by atoms with Crippen molar-refractivity contribution in [2.45, 2.75) is 43.9 Å². The number of halogens is 3. The zero-order valence-corrected chi connectivity index (χ0v) is 15.0. The van der Waals surface area contributed by atoms with Crippen LogP contribution in [0.15, 0.2) is 18.2 Å². The predicted octanol–water partition coefficient (Wildman–Crippen LogP) is 3.59. The summed E-state index contributed by atoms with van der Waals surface area (Å²) in [6, 6.07) is 5.65. The van der Waals surface area contributed by atoms with Crippen molar-refractivity contribution in [1.29, 1.82) is 0 Å². The van der Waals surface area contributed by atoms with Gasteiger partial charge < -0.3 is 15.4 Å². The lowest BCUT2D eigenvalue weighted by Crippen LogP contribution is -2.39. The van der Waals surface area contributed by atoms with E-state index in [1.807, 2.05) is 17.0 Å². The van der Waals surface area contributed by atoms with Crippen LogP contribution in [0.3, 0.4) is 0 Å². The van der Waals surface area contributed by atoms with Gasteiger partial charge in [-0.15, -0.1) is 12.4 Å². The average Bonchev–Trinajstić information content (AvgIpc) is 3.18. The van der Waals surface area contributed by atoms with Crippen molar-refractivity contribution >= 4 is 41.5 Å². The van der Waals surface area contributed by atoms with E-state index in [4.69, 9.17) is 33.7 Å². The van der Waals surface area contributed by atoms with Crippen LogP contribution in [-0.4, -0.2) is 36.1 Å². The Morgan fingerprint density at radius 2 is 2.04 bits per heavy atom. The number of nitrogens with two attached hydrogens (primary N) is 1. The topological polar surface area (TPSA) is 55.6 Å². The Bertz CT molecular complexity index is 570. The van der Waals surface area contributed by atoms with E-state index >= 15 is 0 Å². The minimum Gasteiger partial charge on any atom is -0.364 e. The molecule has 3 rings (SSSR count). The average molecular weight is 380 g/mol. The molecule has 128 valence electrons. The second-order valence-electron chi connectivity index (χ2n) is 5.92. The minimum absolute atomic E-state index is 0. The molecule has 2 aliphatic heterocycles. The Kier molecular flexibility index (Phi) is 6.57. The summed E-state index contributed by atoms with van der Waals surface area (Å²) >= 11 is 12.1. The number of nitrogens with zero attached hydrogens (tertiary/aromatic N) is 1. The molecule has 0 bridgehead atoms. The lowest BCUT2D eigenvalue weighted by Gasteiger charge is -2.28. The van der Waals surface area contributed by atoms with E-state index in [2.05, 4.69) is 0 Å². The van der Waals surface area contributed by atoms with Crippen LogP contribution in [0.2, 0.25) is 10.0 Å². The van der Waals surface area contributed by atoms with Crippen molar-refractivity contribution in [3.05, 3.63) is 33.8 Å². The highest BCUT2D eigenvalue weighted by Gasteiger charge is 2.38. The highest BCUT2D eigenvalue weighted by molar-refractivity contribution is 6.42. The fourth-order valence-electron chi connectivity index (χ4n) is 3.34. The van der Waals surface area contributed by atoms with E-state index in [0.717, 1.165) is 37.8 Å². The van der Waals surface area contributed by atoms with Gasteiger partial charge in [-0.1, -0.05) is 29.3 Å². The lowest BCUT2D eigenvalue weighted by molar-refractivity contribution is -0.143. The van der Waals surface area contributed by atoms with E-state index in [9.17, 15) is 4.79 Å². The molecule has 2 heterocycles. The number of carbonyl (C=O) groups excluding carboxylic acids is 1. The fraction of sp³-hybridized carbons (Fsp3) is 0.562. The molecule has 4 nitrogen and oxygen atoms in total. The number of ether oxygens (including phenoxy) is 1. The summed E-state index contributed by atoms with van der Waals surface area (Å²) in [6.07, 6.45) is 3.21. The first-order valence-corrected chi connectivity index (χ1v) is 8.46. The molecule has 3 atom stereocenters. The van der Waals surface area contributed by atoms with Crippen LogP contribution in [-0.2, 0) is 9.53 Å². The summed E-state index contributed by atoms with van der Waals surface area (Å²) in [6.45, 7) is 1.23. The third-order valence-corrected chi connectivity index (χ3v) is 5.25. The molecule has 0 aliphatic carbocycles. The smallest absolute Gasteiger partial charge is 0.252 e. The van der Waals surface area contributed by atoms with E-state index in [-0.39, 0.29) is 36.6 Å². The van der Waals surface area contributed by atoms with E-state index < -0.39 is 0 Å². The van der Waals surface area contributed by atoms with Gasteiger partial charge in [0, 0.05) is 13.1 Å². The maximum Gasteiger partial charge on any atom is 0.252 e. The largest absolute Gasteiger partial charge is 0.364 e. The van der Waals surface area contributed by atoms with Crippen molar-refractivity contribution in [3.8, 4) is 0 Å². The molecule has 1 aromatic carbocycles. The minimum atomic E-state index is -0.350. The third kappa shape index (κ3) is 3.94. The Morgan fingerprint density at radius 3 is 2.70 bits per heavy atom. The summed E-state index contributed by atoms with van der Waals surface area (Å²) in [7, 11) is 0. The first-order valence-electron chi connectivity index (χ1n) is 7.71. The zero-order valence-electron chi connectivity index (χ0n) is 12.7. The number of hydrogen-bond donors (Lipinski definition) is 1. The summed E-state index contributed by atoms with van der Waals surface area (Å²) in [5, 5.41) is 1.06. The van der Waals surface area contributed by atoms with Gasteiger partial charge in [0.25, 0.3) is 5.91 Å². The molecule has 1 amide bonds. The summed E-state index contributed by atoms with van der Waals surface area (Å²) < 4.78 is 5.75. The van der Waals surface area contributed by atoms with E-state index in [0.29, 0.717) is 16.6 Å². The lowest BCUT2D eigenvalue weighted by atomic mass is 10.0. The quantitative estimate of drug-likeness (QED) is 0.873. The molecule has 1 unspecified atom stereocenters. The van der Waals surface area contributed by atoms with Crippen LogP contribution < -0.4 is 5.73 Å². The van der Waals surface area contributed by atoms with E-state index in [1.165, 1.54) is 0 Å². The molecule has 0 radical (unpaired) electrons. The maximum absolute atomic E-state index is 12.7. The van der Waals surface area contributed by atoms with Gasteiger partial charge in [-0.2, -0.15) is 0 Å². The van der Waals surface area contributed by atoms with Gasteiger partial charge in [0.1, 0.15) is 6.10 Å². The normalized spacial score (nSPS) is 27.1. The molecule has 2 fully saturated rings. The molecule has 0 spiro atoms. The molecule has 2 aliphatic rings.